The average Bonchev–Trinajstić information content (AvgIpc) is 3.11. The molecule has 0 heterocycles. The predicted molar refractivity (Wildman–Crippen MR) is 212 cm³/mol. The number of methoxy groups -OCH3 is 1. The number of rotatable bonds is 23. The number of hydrogen-bond donors (Lipinski definition) is 1. The Balaban J connectivity index is 1.74. The first-order chi connectivity index (χ1) is 23.1. The van der Waals surface area contributed by atoms with E-state index in [4.69, 9.17) is 9.47 Å². The van der Waals surface area contributed by atoms with Crippen molar-refractivity contribution in [3.63, 3.8) is 0 Å². The molecule has 0 bridgehead atoms. The molecule has 0 spiro atoms. The van der Waals surface area contributed by atoms with Gasteiger partial charge in [-0.15, -0.1) is 0 Å². The van der Waals surface area contributed by atoms with Crippen molar-refractivity contribution in [1.82, 2.24) is 0 Å². The summed E-state index contributed by atoms with van der Waals surface area (Å²) in [5.74, 6) is 2.74. The maximum Gasteiger partial charge on any atom is 0.127 e. The number of hydrogen-bond acceptors (Lipinski definition) is 5. The Kier molecular flexibility index (Phi) is 18.1. The minimum absolute atomic E-state index is 0.712. The molecule has 47 heavy (non-hydrogen) atoms. The van der Waals surface area contributed by atoms with Gasteiger partial charge in [0.25, 0.3) is 0 Å². The molecule has 0 amide bonds. The van der Waals surface area contributed by atoms with E-state index in [2.05, 4.69) is 135 Å². The smallest absolute Gasteiger partial charge is 0.127 e. The van der Waals surface area contributed by atoms with Gasteiger partial charge >= 0.3 is 0 Å². The lowest BCUT2D eigenvalue weighted by Gasteiger charge is -2.20. The summed E-state index contributed by atoms with van der Waals surface area (Å²) >= 11 is 4.32. The molecule has 0 aliphatic rings. The van der Waals surface area contributed by atoms with Gasteiger partial charge in [0, 0.05) is 48.7 Å². The average molecular weight is 657 g/mol. The van der Waals surface area contributed by atoms with E-state index in [9.17, 15) is 0 Å². The molecule has 5 heteroatoms. The summed E-state index contributed by atoms with van der Waals surface area (Å²) < 4.78 is 12.4. The van der Waals surface area contributed by atoms with Gasteiger partial charge < -0.3 is 19.3 Å². The Morgan fingerprint density at radius 3 is 1.36 bits per heavy atom. The molecular weight excluding hydrogens is 597 g/mol. The maximum atomic E-state index is 6.48. The van der Waals surface area contributed by atoms with Gasteiger partial charge in [-0.3, -0.25) is 0 Å². The van der Waals surface area contributed by atoms with E-state index < -0.39 is 0 Å². The monoisotopic (exact) mass is 656 g/mol. The quantitative estimate of drug-likeness (QED) is 0.0624. The third-order valence-corrected chi connectivity index (χ3v) is 9.19. The van der Waals surface area contributed by atoms with Crippen molar-refractivity contribution >= 4 is 48.3 Å². The van der Waals surface area contributed by atoms with Crippen LogP contribution in [0, 0.1) is 0 Å². The van der Waals surface area contributed by atoms with Gasteiger partial charge in [0.15, 0.2) is 0 Å². The van der Waals surface area contributed by atoms with E-state index in [0.29, 0.717) is 6.61 Å². The second-order valence-electron chi connectivity index (χ2n) is 12.1. The van der Waals surface area contributed by atoms with Crippen LogP contribution in [0.25, 0.3) is 24.3 Å². The van der Waals surface area contributed by atoms with Gasteiger partial charge in [0.1, 0.15) is 11.5 Å². The lowest BCUT2D eigenvalue weighted by atomic mass is 10.0. The van der Waals surface area contributed by atoms with Crippen molar-refractivity contribution in [3.8, 4) is 11.5 Å². The summed E-state index contributed by atoms with van der Waals surface area (Å²) in [6, 6.07) is 21.8. The highest BCUT2D eigenvalue weighted by Crippen LogP contribution is 2.32. The summed E-state index contributed by atoms with van der Waals surface area (Å²) in [4.78, 5) is 4.72. The SMILES string of the molecule is CCN(CC)c1ccc(/C=C/c2cc(OCCCCCCCCCCCS)c(/C=C/c3ccc(N(CC)CC)cc3)cc2OC)cc1. The molecule has 0 saturated carbocycles. The van der Waals surface area contributed by atoms with E-state index in [1.807, 2.05) is 0 Å². The second-order valence-corrected chi connectivity index (χ2v) is 12.5. The number of anilines is 2. The number of ether oxygens (including phenoxy) is 2. The first kappa shape index (κ1) is 38.1. The number of benzene rings is 3. The van der Waals surface area contributed by atoms with Crippen LogP contribution in [0.2, 0.25) is 0 Å². The van der Waals surface area contributed by atoms with Gasteiger partial charge in [-0.25, -0.2) is 0 Å². The molecule has 3 aromatic rings. The molecule has 256 valence electrons. The van der Waals surface area contributed by atoms with E-state index in [1.165, 1.54) is 62.7 Å². The molecule has 0 N–H and O–H groups in total. The lowest BCUT2D eigenvalue weighted by molar-refractivity contribution is 0.303. The van der Waals surface area contributed by atoms with Crippen LogP contribution >= 0.6 is 12.6 Å². The predicted octanol–water partition coefficient (Wildman–Crippen LogP) is 11.5. The van der Waals surface area contributed by atoms with Crippen molar-refractivity contribution in [1.29, 1.82) is 0 Å². The largest absolute Gasteiger partial charge is 0.496 e. The Morgan fingerprint density at radius 2 is 0.936 bits per heavy atom. The zero-order chi connectivity index (χ0) is 33.7. The highest BCUT2D eigenvalue weighted by Gasteiger charge is 2.10. The van der Waals surface area contributed by atoms with Crippen LogP contribution in [0.1, 0.15) is 108 Å². The summed E-state index contributed by atoms with van der Waals surface area (Å²) in [7, 11) is 1.74. The minimum atomic E-state index is 0.712. The summed E-state index contributed by atoms with van der Waals surface area (Å²) in [5, 5.41) is 0. The standard InChI is InChI=1S/C42H60N2O2S/c1-6-43(7-2)39-27-21-35(22-28-39)19-25-37-34-42(46-31-17-15-13-11-10-12-14-16-18-32-47)38(33-41(37)45-5)26-20-36-23-29-40(30-24-36)44(8-3)9-4/h19-30,33-34,47H,6-18,31-32H2,1-5H3/b25-19+,26-20+. The van der Waals surface area contributed by atoms with Crippen molar-refractivity contribution < 1.29 is 9.47 Å². The molecule has 0 atom stereocenters. The number of thiol groups is 1. The first-order valence-corrected chi connectivity index (χ1v) is 18.7. The first-order valence-electron chi connectivity index (χ1n) is 18.1. The molecule has 3 aromatic carbocycles. The molecule has 4 nitrogen and oxygen atoms in total. The summed E-state index contributed by atoms with van der Waals surface area (Å²) in [5.41, 5.74) is 6.86. The van der Waals surface area contributed by atoms with Gasteiger partial charge in [-0.1, -0.05) is 93.5 Å². The fourth-order valence-corrected chi connectivity index (χ4v) is 6.15. The molecule has 0 aliphatic carbocycles. The molecule has 0 saturated heterocycles. The number of nitrogens with zero attached hydrogens (tertiary/aromatic N) is 2. The Bertz CT molecular complexity index is 1330. The van der Waals surface area contributed by atoms with E-state index in [1.54, 1.807) is 7.11 Å². The Labute approximate surface area is 292 Å². The molecule has 0 unspecified atom stereocenters. The highest BCUT2D eigenvalue weighted by molar-refractivity contribution is 7.80. The van der Waals surface area contributed by atoms with Crippen molar-refractivity contribution in [2.24, 2.45) is 0 Å². The number of unbranched alkanes of at least 4 members (excludes halogenated alkanes) is 8. The normalized spacial score (nSPS) is 11.4. The third kappa shape index (κ3) is 13.0. The van der Waals surface area contributed by atoms with Crippen LogP contribution in [0.15, 0.2) is 60.7 Å². The topological polar surface area (TPSA) is 24.9 Å². The van der Waals surface area contributed by atoms with Gasteiger partial charge in [-0.2, -0.15) is 12.6 Å². The van der Waals surface area contributed by atoms with Crippen LogP contribution in [0.4, 0.5) is 11.4 Å². The fourth-order valence-electron chi connectivity index (χ4n) is 5.93. The van der Waals surface area contributed by atoms with E-state index >= 15 is 0 Å². The van der Waals surface area contributed by atoms with Crippen molar-refractivity contribution in [3.05, 3.63) is 82.9 Å². The summed E-state index contributed by atoms with van der Waals surface area (Å²) in [6.07, 6.45) is 20.0. The van der Waals surface area contributed by atoms with Crippen molar-refractivity contribution in [2.75, 3.05) is 55.4 Å². The zero-order valence-corrected chi connectivity index (χ0v) is 30.7. The van der Waals surface area contributed by atoms with Crippen molar-refractivity contribution in [2.45, 2.75) is 85.5 Å². The molecular formula is C42H60N2O2S. The molecule has 0 aliphatic heterocycles. The third-order valence-electron chi connectivity index (χ3n) is 8.88. The molecule has 3 rings (SSSR count). The van der Waals surface area contributed by atoms with Crippen LogP contribution < -0.4 is 19.3 Å². The van der Waals surface area contributed by atoms with Crippen LogP contribution in [0.3, 0.4) is 0 Å². The van der Waals surface area contributed by atoms with E-state index in [0.717, 1.165) is 72.1 Å². The van der Waals surface area contributed by atoms with E-state index in [-0.39, 0.29) is 0 Å². The second kappa shape index (κ2) is 22.3. The van der Waals surface area contributed by atoms with Crippen LogP contribution in [-0.2, 0) is 0 Å². The Hall–Kier alpha value is -3.31. The summed E-state index contributed by atoms with van der Waals surface area (Å²) in [6.45, 7) is 13.5. The Morgan fingerprint density at radius 1 is 0.532 bits per heavy atom. The minimum Gasteiger partial charge on any atom is -0.496 e. The van der Waals surface area contributed by atoms with Gasteiger partial charge in [0.05, 0.1) is 13.7 Å². The van der Waals surface area contributed by atoms with Crippen LogP contribution in [-0.4, -0.2) is 45.6 Å². The molecule has 0 aromatic heterocycles. The van der Waals surface area contributed by atoms with Gasteiger partial charge in [-0.05, 0) is 93.8 Å². The highest BCUT2D eigenvalue weighted by atomic mass is 32.1. The maximum absolute atomic E-state index is 6.48. The lowest BCUT2D eigenvalue weighted by Crippen LogP contribution is -2.21. The molecule has 0 radical (unpaired) electrons. The van der Waals surface area contributed by atoms with Gasteiger partial charge in [0.2, 0.25) is 0 Å². The zero-order valence-electron chi connectivity index (χ0n) is 29.8. The molecule has 0 fully saturated rings. The fraction of sp³-hybridized carbons (Fsp3) is 0.476. The van der Waals surface area contributed by atoms with Crippen LogP contribution in [0.5, 0.6) is 11.5 Å².